The van der Waals surface area contributed by atoms with Crippen LogP contribution < -0.4 is 9.62 Å². The summed E-state index contributed by atoms with van der Waals surface area (Å²) >= 11 is 0. The summed E-state index contributed by atoms with van der Waals surface area (Å²) < 4.78 is 70.6. The number of nitrogens with zero attached hydrogens (tertiary/aromatic N) is 1. The Hall–Kier alpha value is -2.44. The van der Waals surface area contributed by atoms with Crippen molar-refractivity contribution in [3.63, 3.8) is 0 Å². The quantitative estimate of drug-likeness (QED) is 0.377. The number of halogens is 3. The lowest BCUT2D eigenvalue weighted by molar-refractivity contribution is -0.192. The summed E-state index contributed by atoms with van der Waals surface area (Å²) in [5, 5.41) is 7.12. The monoisotopic (exact) mass is 552 g/mol. The molecule has 0 amide bonds. The largest absolute Gasteiger partial charge is 0.490 e. The molecule has 1 atom stereocenters. The molecule has 0 radical (unpaired) electrons. The van der Waals surface area contributed by atoms with Gasteiger partial charge in [-0.15, -0.1) is 0 Å². The molecule has 2 aromatic carbocycles. The highest BCUT2D eigenvalue weighted by atomic mass is 32.2. The molecule has 2 aromatic rings. The number of hydrogen-bond donors (Lipinski definition) is 4. The Morgan fingerprint density at radius 1 is 0.972 bits per heavy atom. The van der Waals surface area contributed by atoms with Crippen LogP contribution in [0.5, 0.6) is 0 Å². The number of anilines is 1. The number of nitrogens with one attached hydrogen (secondary N) is 1. The molecule has 9 nitrogen and oxygen atoms in total. The standard InChI is InChI=1S/C20H27N2O5PS.C2HF3O2/c1-15(2)20(28(23,24)25)21-29(26,27)19-11-7-17(8-12-19)16-5-9-18(10-6-16)22-13-3-4-14-22;3-2(4,5)1(6)7/h5-12,15,20-21H,3-4,13-14H2,1-2H3,(H2,23,24,25);(H,6,7)/t20-;/m1./s1. The number of aliphatic carboxylic acids is 1. The Balaban J connectivity index is 0.000000572. The minimum Gasteiger partial charge on any atom is -0.475 e. The second-order valence-electron chi connectivity index (χ2n) is 8.47. The minimum absolute atomic E-state index is 0.0333. The topological polar surface area (TPSA) is 144 Å². The van der Waals surface area contributed by atoms with E-state index in [9.17, 15) is 35.9 Å². The van der Waals surface area contributed by atoms with Gasteiger partial charge in [0, 0.05) is 18.8 Å². The number of carboxylic acids is 1. The minimum atomic E-state index is -5.08. The molecule has 200 valence electrons. The first-order chi connectivity index (χ1) is 16.5. The third kappa shape index (κ3) is 8.31. The van der Waals surface area contributed by atoms with E-state index in [1.54, 1.807) is 26.0 Å². The van der Waals surface area contributed by atoms with Gasteiger partial charge in [0.2, 0.25) is 10.0 Å². The molecule has 1 aliphatic heterocycles. The number of alkyl halides is 3. The molecule has 0 unspecified atom stereocenters. The van der Waals surface area contributed by atoms with Crippen molar-refractivity contribution in [2.24, 2.45) is 5.92 Å². The van der Waals surface area contributed by atoms with Crippen LogP contribution in [0.4, 0.5) is 18.9 Å². The molecular weight excluding hydrogens is 524 g/mol. The van der Waals surface area contributed by atoms with Crippen LogP contribution in [0.1, 0.15) is 26.7 Å². The summed E-state index contributed by atoms with van der Waals surface area (Å²) in [6.07, 6.45) is -2.66. The van der Waals surface area contributed by atoms with Crippen LogP contribution in [0.15, 0.2) is 53.4 Å². The Bertz CT molecular complexity index is 1180. The zero-order valence-corrected chi connectivity index (χ0v) is 21.2. The van der Waals surface area contributed by atoms with Gasteiger partial charge in [-0.2, -0.15) is 17.9 Å². The molecule has 0 aliphatic carbocycles. The van der Waals surface area contributed by atoms with E-state index >= 15 is 0 Å². The molecule has 36 heavy (non-hydrogen) atoms. The predicted octanol–water partition coefficient (Wildman–Crippen LogP) is 4.03. The van der Waals surface area contributed by atoms with Crippen molar-refractivity contribution in [3.8, 4) is 11.1 Å². The highest BCUT2D eigenvalue weighted by Gasteiger charge is 2.38. The number of carbonyl (C=O) groups is 1. The summed E-state index contributed by atoms with van der Waals surface area (Å²) in [6, 6.07) is 14.4. The smallest absolute Gasteiger partial charge is 0.475 e. The third-order valence-electron chi connectivity index (χ3n) is 5.35. The molecule has 14 heteroatoms. The maximum atomic E-state index is 12.6. The zero-order chi connectivity index (χ0) is 27.3. The van der Waals surface area contributed by atoms with Gasteiger partial charge in [-0.3, -0.25) is 4.57 Å². The Morgan fingerprint density at radius 2 is 1.39 bits per heavy atom. The first-order valence-corrected chi connectivity index (χ1v) is 14.0. The van der Waals surface area contributed by atoms with Crippen molar-refractivity contribution in [1.29, 1.82) is 0 Å². The number of carboxylic acid groups (broad SMARTS) is 1. The average molecular weight is 553 g/mol. The molecule has 0 aromatic heterocycles. The molecule has 0 spiro atoms. The molecule has 0 saturated carbocycles. The van der Waals surface area contributed by atoms with Crippen LogP contribution >= 0.6 is 7.60 Å². The molecule has 1 fully saturated rings. The average Bonchev–Trinajstić information content (AvgIpc) is 3.32. The highest BCUT2D eigenvalue weighted by Crippen LogP contribution is 2.44. The molecular formula is C22H28F3N2O7PS. The van der Waals surface area contributed by atoms with Crippen LogP contribution in [0.25, 0.3) is 11.1 Å². The molecule has 1 aliphatic rings. The van der Waals surface area contributed by atoms with Crippen LogP contribution in [-0.2, 0) is 19.4 Å². The molecule has 1 saturated heterocycles. The van der Waals surface area contributed by atoms with E-state index in [1.165, 1.54) is 30.7 Å². The van der Waals surface area contributed by atoms with Crippen molar-refractivity contribution in [3.05, 3.63) is 48.5 Å². The summed E-state index contributed by atoms with van der Waals surface area (Å²) in [4.78, 5) is 30.1. The van der Waals surface area contributed by atoms with Crippen molar-refractivity contribution in [2.75, 3.05) is 18.0 Å². The van der Waals surface area contributed by atoms with Gasteiger partial charge in [-0.1, -0.05) is 38.1 Å². The van der Waals surface area contributed by atoms with Gasteiger partial charge in [0.1, 0.15) is 5.78 Å². The molecule has 4 N–H and O–H groups in total. The zero-order valence-electron chi connectivity index (χ0n) is 19.5. The summed E-state index contributed by atoms with van der Waals surface area (Å²) in [7, 11) is -8.67. The van der Waals surface area contributed by atoms with Crippen molar-refractivity contribution < 1.29 is 45.8 Å². The molecule has 1 heterocycles. The molecule has 0 bridgehead atoms. The second-order valence-corrected chi connectivity index (χ2v) is 11.9. The van der Waals surface area contributed by atoms with Crippen LogP contribution in [0, 0.1) is 5.92 Å². The predicted molar refractivity (Wildman–Crippen MR) is 128 cm³/mol. The van der Waals surface area contributed by atoms with Crippen LogP contribution in [0.2, 0.25) is 0 Å². The number of benzene rings is 2. The first-order valence-electron chi connectivity index (χ1n) is 10.9. The molecule has 3 rings (SSSR count). The van der Waals surface area contributed by atoms with Gasteiger partial charge in [0.05, 0.1) is 4.90 Å². The van der Waals surface area contributed by atoms with E-state index in [2.05, 4.69) is 21.8 Å². The van der Waals surface area contributed by atoms with Gasteiger partial charge >= 0.3 is 19.7 Å². The lowest BCUT2D eigenvalue weighted by Gasteiger charge is -2.23. The van der Waals surface area contributed by atoms with Crippen molar-refractivity contribution in [1.82, 2.24) is 4.72 Å². The summed E-state index contributed by atoms with van der Waals surface area (Å²) in [5.74, 6) is -4.78. The van der Waals surface area contributed by atoms with E-state index in [0.29, 0.717) is 0 Å². The fraction of sp³-hybridized carbons (Fsp3) is 0.409. The fourth-order valence-corrected chi connectivity index (χ4v) is 6.45. The van der Waals surface area contributed by atoms with Gasteiger partial charge in [0.25, 0.3) is 0 Å². The van der Waals surface area contributed by atoms with Crippen LogP contribution in [-0.4, -0.2) is 54.3 Å². The number of hydrogen-bond acceptors (Lipinski definition) is 5. The third-order valence-corrected chi connectivity index (χ3v) is 8.43. The van der Waals surface area contributed by atoms with E-state index in [0.717, 1.165) is 24.2 Å². The summed E-state index contributed by atoms with van der Waals surface area (Å²) in [6.45, 7) is 5.26. The lowest BCUT2D eigenvalue weighted by atomic mass is 10.1. The van der Waals surface area contributed by atoms with Gasteiger partial charge in [0.15, 0.2) is 0 Å². The van der Waals surface area contributed by atoms with Gasteiger partial charge < -0.3 is 19.8 Å². The fourth-order valence-electron chi connectivity index (χ4n) is 3.49. The SMILES string of the molecule is CC(C)[C@H](NS(=O)(=O)c1ccc(-c2ccc(N3CCCC3)cc2)cc1)P(=O)(O)O.O=C(O)C(F)(F)F. The van der Waals surface area contributed by atoms with E-state index in [-0.39, 0.29) is 4.90 Å². The Labute approximate surface area is 207 Å². The van der Waals surface area contributed by atoms with E-state index < -0.39 is 41.5 Å². The maximum Gasteiger partial charge on any atom is 0.490 e. The maximum absolute atomic E-state index is 12.6. The Kier molecular flexibility index (Phi) is 9.71. The van der Waals surface area contributed by atoms with E-state index in [1.807, 2.05) is 12.1 Å². The lowest BCUT2D eigenvalue weighted by Crippen LogP contribution is -2.38. The van der Waals surface area contributed by atoms with Crippen molar-refractivity contribution >= 4 is 29.3 Å². The highest BCUT2D eigenvalue weighted by molar-refractivity contribution is 7.89. The van der Waals surface area contributed by atoms with Crippen LogP contribution in [0.3, 0.4) is 0 Å². The van der Waals surface area contributed by atoms with Gasteiger partial charge in [-0.25, -0.2) is 13.2 Å². The first kappa shape index (κ1) is 29.8. The number of sulfonamides is 1. The van der Waals surface area contributed by atoms with E-state index in [4.69, 9.17) is 9.90 Å². The van der Waals surface area contributed by atoms with Gasteiger partial charge in [-0.05, 0) is 54.2 Å². The summed E-state index contributed by atoms with van der Waals surface area (Å²) in [5.41, 5.74) is 3.03. The van der Waals surface area contributed by atoms with Crippen molar-refractivity contribution in [2.45, 2.75) is 43.5 Å². The second kappa shape index (κ2) is 11.7. The normalized spacial score (nSPS) is 15.4. The number of rotatable bonds is 7. The Morgan fingerprint density at radius 3 is 1.75 bits per heavy atom.